The lowest BCUT2D eigenvalue weighted by molar-refractivity contribution is 0.0937. The average molecular weight is 417 g/mol. The number of ether oxygens (including phenoxy) is 2. The monoisotopic (exact) mass is 416 g/mol. The second-order valence-electron chi connectivity index (χ2n) is 6.99. The number of carbonyl (C=O) groups is 2. The van der Waals surface area contributed by atoms with Crippen molar-refractivity contribution >= 4 is 28.2 Å². The molecule has 0 saturated heterocycles. The number of fused-ring (bicyclic) bond motifs is 1. The third kappa shape index (κ3) is 5.36. The molecule has 0 spiro atoms. The van der Waals surface area contributed by atoms with Crippen molar-refractivity contribution in [3.63, 3.8) is 0 Å². The Kier molecular flexibility index (Phi) is 7.66. The maximum atomic E-state index is 12.8. The van der Waals surface area contributed by atoms with E-state index in [0.717, 1.165) is 43.4 Å². The van der Waals surface area contributed by atoms with Crippen LogP contribution >= 0.6 is 11.3 Å². The lowest BCUT2D eigenvalue weighted by Crippen LogP contribution is -2.28. The summed E-state index contributed by atoms with van der Waals surface area (Å²) in [5, 5.41) is 6.48. The van der Waals surface area contributed by atoms with Gasteiger partial charge in [-0.15, -0.1) is 11.3 Å². The quantitative estimate of drug-likeness (QED) is 0.605. The van der Waals surface area contributed by atoms with E-state index in [1.54, 1.807) is 31.4 Å². The predicted molar refractivity (Wildman–Crippen MR) is 115 cm³/mol. The van der Waals surface area contributed by atoms with Gasteiger partial charge in [-0.05, 0) is 61.9 Å². The molecular formula is C22H28N2O4S. The molecular weight excluding hydrogens is 388 g/mol. The number of hydrogen-bond donors (Lipinski definition) is 2. The number of rotatable bonds is 9. The van der Waals surface area contributed by atoms with Crippen molar-refractivity contribution in [2.75, 3.05) is 32.2 Å². The summed E-state index contributed by atoms with van der Waals surface area (Å²) in [6.07, 6.45) is 4.94. The molecule has 1 aromatic heterocycles. The fraction of sp³-hybridized carbons (Fsp3) is 0.455. The largest absolute Gasteiger partial charge is 0.494 e. The first-order valence-corrected chi connectivity index (χ1v) is 10.9. The van der Waals surface area contributed by atoms with E-state index < -0.39 is 0 Å². The van der Waals surface area contributed by atoms with Crippen molar-refractivity contribution in [1.29, 1.82) is 0 Å². The van der Waals surface area contributed by atoms with Crippen LogP contribution in [0.25, 0.3) is 0 Å². The molecule has 1 aliphatic rings. The van der Waals surface area contributed by atoms with E-state index in [0.29, 0.717) is 35.9 Å². The Morgan fingerprint density at radius 1 is 1.07 bits per heavy atom. The van der Waals surface area contributed by atoms with Crippen molar-refractivity contribution in [1.82, 2.24) is 5.32 Å². The molecule has 0 aliphatic heterocycles. The number of thiophene rings is 1. The van der Waals surface area contributed by atoms with Gasteiger partial charge in [-0.1, -0.05) is 6.92 Å². The van der Waals surface area contributed by atoms with Crippen molar-refractivity contribution in [3.05, 3.63) is 45.8 Å². The minimum Gasteiger partial charge on any atom is -0.494 e. The van der Waals surface area contributed by atoms with Crippen molar-refractivity contribution in [3.8, 4) is 5.75 Å². The van der Waals surface area contributed by atoms with Crippen molar-refractivity contribution < 1.29 is 19.1 Å². The molecule has 0 atom stereocenters. The molecule has 1 aromatic carbocycles. The van der Waals surface area contributed by atoms with Crippen LogP contribution in [0.3, 0.4) is 0 Å². The zero-order valence-electron chi connectivity index (χ0n) is 17.0. The summed E-state index contributed by atoms with van der Waals surface area (Å²) < 4.78 is 10.6. The third-order valence-corrected chi connectivity index (χ3v) is 6.01. The van der Waals surface area contributed by atoms with Crippen LogP contribution in [0, 0.1) is 0 Å². The predicted octanol–water partition coefficient (Wildman–Crippen LogP) is 4.04. The molecule has 6 nitrogen and oxygen atoms in total. The van der Waals surface area contributed by atoms with Gasteiger partial charge in [0.15, 0.2) is 0 Å². The summed E-state index contributed by atoms with van der Waals surface area (Å²) in [7, 11) is 1.60. The smallest absolute Gasteiger partial charge is 0.256 e. The van der Waals surface area contributed by atoms with Gasteiger partial charge in [0.2, 0.25) is 0 Å². The van der Waals surface area contributed by atoms with E-state index in [9.17, 15) is 9.59 Å². The van der Waals surface area contributed by atoms with E-state index in [1.165, 1.54) is 16.2 Å². The van der Waals surface area contributed by atoms with Gasteiger partial charge in [0.1, 0.15) is 10.8 Å². The zero-order chi connectivity index (χ0) is 20.6. The van der Waals surface area contributed by atoms with E-state index in [1.807, 2.05) is 6.92 Å². The van der Waals surface area contributed by atoms with Gasteiger partial charge in [-0.3, -0.25) is 9.59 Å². The standard InChI is InChI=1S/C22H28N2O4S/c1-3-13-28-16-10-8-15(9-11-16)20(25)24-22-19(21(26)23-12-14-27-2)17-6-4-5-7-18(17)29-22/h8-11H,3-7,12-14H2,1-2H3,(H,23,26)(H,24,25). The summed E-state index contributed by atoms with van der Waals surface area (Å²) in [6.45, 7) is 3.58. The third-order valence-electron chi connectivity index (χ3n) is 4.81. The van der Waals surface area contributed by atoms with Crippen LogP contribution in [0.5, 0.6) is 5.75 Å². The normalized spacial score (nSPS) is 12.9. The minimum absolute atomic E-state index is 0.153. The van der Waals surface area contributed by atoms with Crippen LogP contribution in [-0.4, -0.2) is 38.7 Å². The Bertz CT molecular complexity index is 845. The van der Waals surface area contributed by atoms with Crippen LogP contribution < -0.4 is 15.4 Å². The van der Waals surface area contributed by atoms with Crippen LogP contribution in [0.2, 0.25) is 0 Å². The number of benzene rings is 1. The van der Waals surface area contributed by atoms with Gasteiger partial charge in [0.25, 0.3) is 11.8 Å². The molecule has 0 saturated carbocycles. The van der Waals surface area contributed by atoms with Crippen LogP contribution in [0.15, 0.2) is 24.3 Å². The summed E-state index contributed by atoms with van der Waals surface area (Å²) in [5.74, 6) is 0.366. The fourth-order valence-corrected chi connectivity index (χ4v) is 4.63. The molecule has 2 aromatic rings. The van der Waals surface area contributed by atoms with E-state index >= 15 is 0 Å². The highest BCUT2D eigenvalue weighted by Crippen LogP contribution is 2.38. The number of aryl methyl sites for hydroxylation is 1. The Hall–Kier alpha value is -2.38. The topological polar surface area (TPSA) is 76.7 Å². The van der Waals surface area contributed by atoms with E-state index in [2.05, 4.69) is 10.6 Å². The van der Waals surface area contributed by atoms with Crippen molar-refractivity contribution in [2.24, 2.45) is 0 Å². The van der Waals surface area contributed by atoms with Crippen LogP contribution in [0.1, 0.15) is 57.3 Å². The van der Waals surface area contributed by atoms with Gasteiger partial charge in [-0.2, -0.15) is 0 Å². The molecule has 0 fully saturated rings. The summed E-state index contributed by atoms with van der Waals surface area (Å²) >= 11 is 1.52. The van der Waals surface area contributed by atoms with Gasteiger partial charge in [0.05, 0.1) is 18.8 Å². The van der Waals surface area contributed by atoms with Gasteiger partial charge in [0, 0.05) is 24.1 Å². The number of hydrogen-bond acceptors (Lipinski definition) is 5. The second kappa shape index (κ2) is 10.4. The number of carbonyl (C=O) groups excluding carboxylic acids is 2. The molecule has 2 N–H and O–H groups in total. The van der Waals surface area contributed by atoms with Crippen LogP contribution in [-0.2, 0) is 17.6 Å². The van der Waals surface area contributed by atoms with Crippen LogP contribution in [0.4, 0.5) is 5.00 Å². The maximum Gasteiger partial charge on any atom is 0.256 e. The first kappa shape index (κ1) is 21.3. The Labute approximate surface area is 175 Å². The Morgan fingerprint density at radius 2 is 1.83 bits per heavy atom. The fourth-order valence-electron chi connectivity index (χ4n) is 3.35. The van der Waals surface area contributed by atoms with Gasteiger partial charge in [-0.25, -0.2) is 0 Å². The average Bonchev–Trinajstić information content (AvgIpc) is 3.10. The van der Waals surface area contributed by atoms with Gasteiger partial charge >= 0.3 is 0 Å². The summed E-state index contributed by atoms with van der Waals surface area (Å²) in [5.41, 5.74) is 2.22. The second-order valence-corrected chi connectivity index (χ2v) is 8.10. The number of nitrogens with one attached hydrogen (secondary N) is 2. The molecule has 7 heteroatoms. The molecule has 0 unspecified atom stereocenters. The lowest BCUT2D eigenvalue weighted by Gasteiger charge is -2.13. The molecule has 156 valence electrons. The molecule has 3 rings (SSSR count). The number of amides is 2. The molecule has 1 aliphatic carbocycles. The lowest BCUT2D eigenvalue weighted by atomic mass is 9.95. The molecule has 1 heterocycles. The highest BCUT2D eigenvalue weighted by Gasteiger charge is 2.26. The first-order chi connectivity index (χ1) is 14.1. The molecule has 29 heavy (non-hydrogen) atoms. The maximum absolute atomic E-state index is 12.8. The first-order valence-electron chi connectivity index (χ1n) is 10.1. The van der Waals surface area contributed by atoms with Gasteiger partial charge < -0.3 is 20.1 Å². The Balaban J connectivity index is 1.77. The summed E-state index contributed by atoms with van der Waals surface area (Å²) in [4.78, 5) is 26.8. The zero-order valence-corrected chi connectivity index (χ0v) is 17.8. The Morgan fingerprint density at radius 3 is 2.55 bits per heavy atom. The molecule has 0 radical (unpaired) electrons. The highest BCUT2D eigenvalue weighted by molar-refractivity contribution is 7.17. The molecule has 0 bridgehead atoms. The number of methoxy groups -OCH3 is 1. The highest BCUT2D eigenvalue weighted by atomic mass is 32.1. The molecule has 2 amide bonds. The minimum atomic E-state index is -0.225. The number of anilines is 1. The van der Waals surface area contributed by atoms with E-state index in [4.69, 9.17) is 9.47 Å². The van der Waals surface area contributed by atoms with E-state index in [-0.39, 0.29) is 11.8 Å². The SMILES string of the molecule is CCCOc1ccc(C(=O)Nc2sc3c(c2C(=O)NCCOC)CCCC3)cc1. The van der Waals surface area contributed by atoms with Crippen molar-refractivity contribution in [2.45, 2.75) is 39.0 Å². The summed E-state index contributed by atoms with van der Waals surface area (Å²) in [6, 6.07) is 7.07.